The van der Waals surface area contributed by atoms with Crippen LogP contribution in [0.1, 0.15) is 11.1 Å². The molecule has 0 heterocycles. The number of nitrogens with zero attached hydrogens (tertiary/aromatic N) is 1. The summed E-state index contributed by atoms with van der Waals surface area (Å²) in [6, 6.07) is 14.2. The average molecular weight is 538 g/mol. The van der Waals surface area contributed by atoms with Gasteiger partial charge in [-0.05, 0) is 79.9 Å². The van der Waals surface area contributed by atoms with Crippen LogP contribution in [0.4, 0.5) is 10.1 Å². The van der Waals surface area contributed by atoms with Gasteiger partial charge in [-0.15, -0.1) is 0 Å². The van der Waals surface area contributed by atoms with Crippen LogP contribution in [-0.4, -0.2) is 22.4 Å². The van der Waals surface area contributed by atoms with E-state index in [-0.39, 0.29) is 11.6 Å². The number of benzene rings is 3. The van der Waals surface area contributed by atoms with Crippen LogP contribution in [0, 0.1) is 5.82 Å². The molecule has 154 valence electrons. The van der Waals surface area contributed by atoms with Gasteiger partial charge in [0, 0.05) is 17.7 Å². The van der Waals surface area contributed by atoms with Gasteiger partial charge in [-0.2, -0.15) is 0 Å². The van der Waals surface area contributed by atoms with Crippen molar-refractivity contribution < 1.29 is 24.2 Å². The highest BCUT2D eigenvalue weighted by atomic mass is 79.9. The number of carbonyl (C=O) groups excluding carboxylic acids is 1. The first-order valence-corrected chi connectivity index (χ1v) is 10.2. The maximum Gasteiger partial charge on any atom is 0.270 e. The first-order valence-electron chi connectivity index (χ1n) is 8.57. The molecule has 1 amide bonds. The summed E-state index contributed by atoms with van der Waals surface area (Å²) in [6.45, 7) is 0. The number of phenols is 1. The molecule has 0 aliphatic rings. The molecule has 3 N–H and O–H groups in total. The molecule has 0 unspecified atom stereocenters. The van der Waals surface area contributed by atoms with Crippen molar-refractivity contribution in [2.45, 2.75) is 6.42 Å². The number of hydrogen-bond acceptors (Lipinski definition) is 5. The molecule has 3 aromatic carbocycles. The van der Waals surface area contributed by atoms with Gasteiger partial charge in [0.2, 0.25) is 0 Å². The standard InChI is InChI=1S/C21H15Br2FN2O4/c22-17-9-15(26-20(28)11-25-29)10-18(23)21(17)30-16-4-5-19(27)13(8-16)6-12-2-1-3-14(24)7-12/h1-5,7-11,27,29H,6H2,(H,26,28)/b25-11+. The fourth-order valence-corrected chi connectivity index (χ4v) is 4.06. The molecule has 6 nitrogen and oxygen atoms in total. The van der Waals surface area contributed by atoms with E-state index in [4.69, 9.17) is 9.94 Å². The Labute approximate surface area is 188 Å². The first-order chi connectivity index (χ1) is 14.4. The van der Waals surface area contributed by atoms with E-state index in [2.05, 4.69) is 42.3 Å². The van der Waals surface area contributed by atoms with Crippen LogP contribution in [-0.2, 0) is 11.2 Å². The minimum atomic E-state index is -0.592. The zero-order chi connectivity index (χ0) is 21.7. The third-order valence-electron chi connectivity index (χ3n) is 4.00. The largest absolute Gasteiger partial charge is 0.508 e. The molecule has 0 atom stereocenters. The second-order valence-electron chi connectivity index (χ2n) is 6.20. The number of hydrogen-bond donors (Lipinski definition) is 3. The molecule has 3 aromatic rings. The molecule has 3 rings (SSSR count). The third-order valence-corrected chi connectivity index (χ3v) is 5.17. The number of amides is 1. The van der Waals surface area contributed by atoms with Crippen molar-refractivity contribution in [3.63, 3.8) is 0 Å². The number of halogens is 3. The van der Waals surface area contributed by atoms with Crippen LogP contribution in [0.5, 0.6) is 17.2 Å². The van der Waals surface area contributed by atoms with Crippen LogP contribution >= 0.6 is 31.9 Å². The molecule has 0 radical (unpaired) electrons. The van der Waals surface area contributed by atoms with E-state index in [0.717, 1.165) is 11.8 Å². The minimum Gasteiger partial charge on any atom is -0.508 e. The highest BCUT2D eigenvalue weighted by Crippen LogP contribution is 2.40. The van der Waals surface area contributed by atoms with Crippen LogP contribution in [0.15, 0.2) is 68.7 Å². The van der Waals surface area contributed by atoms with E-state index in [1.54, 1.807) is 36.4 Å². The second kappa shape index (κ2) is 9.73. The normalized spacial score (nSPS) is 10.9. The number of carbonyl (C=O) groups is 1. The fourth-order valence-electron chi connectivity index (χ4n) is 2.71. The van der Waals surface area contributed by atoms with Gasteiger partial charge < -0.3 is 20.4 Å². The molecule has 0 spiro atoms. The van der Waals surface area contributed by atoms with Gasteiger partial charge in [0.1, 0.15) is 23.5 Å². The summed E-state index contributed by atoms with van der Waals surface area (Å²) in [5, 5.41) is 23.8. The number of ether oxygens (including phenoxy) is 1. The monoisotopic (exact) mass is 536 g/mol. The molecule has 0 aromatic heterocycles. The van der Waals surface area contributed by atoms with Crippen molar-refractivity contribution in [1.29, 1.82) is 0 Å². The maximum absolute atomic E-state index is 13.4. The Kier molecular flexibility index (Phi) is 7.07. The Hall–Kier alpha value is -2.91. The van der Waals surface area contributed by atoms with E-state index in [0.29, 0.717) is 38.1 Å². The van der Waals surface area contributed by atoms with E-state index in [9.17, 15) is 14.3 Å². The zero-order valence-corrected chi connectivity index (χ0v) is 18.4. The van der Waals surface area contributed by atoms with Gasteiger partial charge in [0.25, 0.3) is 5.91 Å². The minimum absolute atomic E-state index is 0.0772. The van der Waals surface area contributed by atoms with Crippen LogP contribution in [0.2, 0.25) is 0 Å². The Morgan fingerprint density at radius 2 is 1.87 bits per heavy atom. The van der Waals surface area contributed by atoms with Gasteiger partial charge in [-0.25, -0.2) is 4.39 Å². The number of anilines is 1. The zero-order valence-electron chi connectivity index (χ0n) is 15.3. The number of phenolic OH excluding ortho intramolecular Hbond substituents is 1. The lowest BCUT2D eigenvalue weighted by Crippen LogP contribution is -2.12. The SMILES string of the molecule is O=C(/C=N/O)Nc1cc(Br)c(Oc2ccc(O)c(Cc3cccc(F)c3)c2)c(Br)c1. The summed E-state index contributed by atoms with van der Waals surface area (Å²) in [7, 11) is 0. The Morgan fingerprint density at radius 3 is 2.53 bits per heavy atom. The summed E-state index contributed by atoms with van der Waals surface area (Å²) in [5.74, 6) is 0.0552. The summed E-state index contributed by atoms with van der Waals surface area (Å²) in [4.78, 5) is 11.5. The van der Waals surface area contributed by atoms with Crippen molar-refractivity contribution in [2.75, 3.05) is 5.32 Å². The van der Waals surface area contributed by atoms with Crippen LogP contribution in [0.3, 0.4) is 0 Å². The smallest absolute Gasteiger partial charge is 0.270 e. The quantitative estimate of drug-likeness (QED) is 0.209. The average Bonchev–Trinajstić information content (AvgIpc) is 2.67. The van der Waals surface area contributed by atoms with Gasteiger partial charge in [0.15, 0.2) is 5.75 Å². The highest BCUT2D eigenvalue weighted by molar-refractivity contribution is 9.11. The van der Waals surface area contributed by atoms with Gasteiger partial charge >= 0.3 is 0 Å². The van der Waals surface area contributed by atoms with E-state index in [1.807, 2.05) is 0 Å². The highest BCUT2D eigenvalue weighted by Gasteiger charge is 2.13. The Morgan fingerprint density at radius 1 is 1.13 bits per heavy atom. The molecular formula is C21H15Br2FN2O4. The molecular weight excluding hydrogens is 523 g/mol. The molecule has 0 aliphatic carbocycles. The predicted molar refractivity (Wildman–Crippen MR) is 118 cm³/mol. The first kappa shape index (κ1) is 21.8. The number of oxime groups is 1. The third kappa shape index (κ3) is 5.58. The lowest BCUT2D eigenvalue weighted by molar-refractivity contribution is -0.110. The van der Waals surface area contributed by atoms with E-state index < -0.39 is 5.91 Å². The molecule has 9 heteroatoms. The van der Waals surface area contributed by atoms with Crippen molar-refractivity contribution in [3.05, 3.63) is 80.5 Å². The van der Waals surface area contributed by atoms with Crippen LogP contribution in [0.25, 0.3) is 0 Å². The maximum atomic E-state index is 13.4. The van der Waals surface area contributed by atoms with Crippen molar-refractivity contribution in [2.24, 2.45) is 5.16 Å². The molecule has 0 bridgehead atoms. The van der Waals surface area contributed by atoms with E-state index >= 15 is 0 Å². The van der Waals surface area contributed by atoms with Gasteiger partial charge in [-0.1, -0.05) is 17.3 Å². The van der Waals surface area contributed by atoms with Crippen molar-refractivity contribution in [3.8, 4) is 17.2 Å². The summed E-state index contributed by atoms with van der Waals surface area (Å²) >= 11 is 6.80. The molecule has 0 fully saturated rings. The van der Waals surface area contributed by atoms with Crippen molar-refractivity contribution in [1.82, 2.24) is 0 Å². The number of nitrogens with one attached hydrogen (secondary N) is 1. The van der Waals surface area contributed by atoms with E-state index in [1.165, 1.54) is 18.2 Å². The topological polar surface area (TPSA) is 91.2 Å². The molecule has 30 heavy (non-hydrogen) atoms. The number of aromatic hydroxyl groups is 1. The van der Waals surface area contributed by atoms with Crippen LogP contribution < -0.4 is 10.1 Å². The lowest BCUT2D eigenvalue weighted by Gasteiger charge is -2.14. The molecule has 0 saturated heterocycles. The summed E-state index contributed by atoms with van der Waals surface area (Å²) < 4.78 is 20.5. The Bertz CT molecular complexity index is 1100. The van der Waals surface area contributed by atoms with Crippen molar-refractivity contribution >= 4 is 49.7 Å². The summed E-state index contributed by atoms with van der Waals surface area (Å²) in [5.41, 5.74) is 1.75. The number of rotatable bonds is 6. The summed E-state index contributed by atoms with van der Waals surface area (Å²) in [6.07, 6.45) is 1.07. The van der Waals surface area contributed by atoms with Gasteiger partial charge in [0.05, 0.1) is 8.95 Å². The second-order valence-corrected chi connectivity index (χ2v) is 7.91. The fraction of sp³-hybridized carbons (Fsp3) is 0.0476. The predicted octanol–water partition coefficient (Wildman–Crippen LogP) is 5.84. The van der Waals surface area contributed by atoms with Gasteiger partial charge in [-0.3, -0.25) is 4.79 Å². The molecule has 0 aliphatic heterocycles. The lowest BCUT2D eigenvalue weighted by atomic mass is 10.0. The Balaban J connectivity index is 1.83. The molecule has 0 saturated carbocycles.